The molecule has 0 radical (unpaired) electrons. The van der Waals surface area contributed by atoms with Gasteiger partial charge in [0.1, 0.15) is 11.3 Å². The Balaban J connectivity index is 1.69. The van der Waals surface area contributed by atoms with Crippen LogP contribution in [0.25, 0.3) is 0 Å². The van der Waals surface area contributed by atoms with Crippen molar-refractivity contribution in [2.24, 2.45) is 5.41 Å². The van der Waals surface area contributed by atoms with Crippen molar-refractivity contribution in [3.63, 3.8) is 0 Å². The van der Waals surface area contributed by atoms with E-state index in [1.807, 2.05) is 13.8 Å². The normalized spacial score (nSPS) is 28.1. The third-order valence-corrected chi connectivity index (χ3v) is 5.50. The van der Waals surface area contributed by atoms with Crippen LogP contribution in [-0.4, -0.2) is 77.5 Å². The highest BCUT2D eigenvalue weighted by Gasteiger charge is 2.49. The van der Waals surface area contributed by atoms with Crippen molar-refractivity contribution < 1.29 is 19.2 Å². The summed E-state index contributed by atoms with van der Waals surface area (Å²) in [6, 6.07) is 0. The molecule has 1 aromatic heterocycles. The Hall–Kier alpha value is -1.44. The summed E-state index contributed by atoms with van der Waals surface area (Å²) in [5, 5.41) is 15.0. The van der Waals surface area contributed by atoms with E-state index < -0.39 is 11.0 Å². The lowest BCUT2D eigenvalue weighted by Crippen LogP contribution is -2.63. The molecule has 134 valence electrons. The molecule has 0 saturated carbocycles. The number of β-amino-alcohol motifs (C(OH)–C–C–N with tert-alkyl or cyclic N) is 1. The van der Waals surface area contributed by atoms with Crippen LogP contribution < -0.4 is 0 Å². The number of carbonyl (C=O) groups is 1. The van der Waals surface area contributed by atoms with E-state index in [4.69, 9.17) is 9.26 Å². The van der Waals surface area contributed by atoms with Gasteiger partial charge in [0, 0.05) is 38.1 Å². The number of piperidine rings is 1. The standard InChI is InChI=1S/C17H27N3O4/c1-13-14(10-18-24-13)15(21)20-5-4-17(22,16(2,3)11-20)12-19-6-8-23-9-7-19/h10,22H,4-9,11-12H2,1-3H3. The maximum atomic E-state index is 12.7. The first kappa shape index (κ1) is 17.4. The van der Waals surface area contributed by atoms with Crippen LogP contribution in [0.15, 0.2) is 10.7 Å². The molecular weight excluding hydrogens is 310 g/mol. The van der Waals surface area contributed by atoms with Gasteiger partial charge in [-0.2, -0.15) is 0 Å². The van der Waals surface area contributed by atoms with Gasteiger partial charge in [0.25, 0.3) is 5.91 Å². The number of aromatic nitrogens is 1. The topological polar surface area (TPSA) is 79.0 Å². The number of rotatable bonds is 3. The first-order valence-electron chi connectivity index (χ1n) is 8.55. The summed E-state index contributed by atoms with van der Waals surface area (Å²) in [7, 11) is 0. The lowest BCUT2D eigenvalue weighted by molar-refractivity contribution is -0.133. The Morgan fingerprint density at radius 1 is 1.33 bits per heavy atom. The predicted molar refractivity (Wildman–Crippen MR) is 87.8 cm³/mol. The van der Waals surface area contributed by atoms with Gasteiger partial charge in [0.2, 0.25) is 0 Å². The molecule has 7 nitrogen and oxygen atoms in total. The Bertz CT molecular complexity index is 594. The Kier molecular flexibility index (Phi) is 4.68. The van der Waals surface area contributed by atoms with Gasteiger partial charge in [-0.25, -0.2) is 0 Å². The molecule has 7 heteroatoms. The average molecular weight is 337 g/mol. The number of aliphatic hydroxyl groups is 1. The monoisotopic (exact) mass is 337 g/mol. The Labute approximate surface area is 142 Å². The van der Waals surface area contributed by atoms with Crippen LogP contribution in [0.3, 0.4) is 0 Å². The van der Waals surface area contributed by atoms with E-state index in [9.17, 15) is 9.90 Å². The van der Waals surface area contributed by atoms with Crippen LogP contribution in [0, 0.1) is 12.3 Å². The summed E-state index contributed by atoms with van der Waals surface area (Å²) in [6.45, 7) is 10.6. The summed E-state index contributed by atoms with van der Waals surface area (Å²) in [4.78, 5) is 16.7. The maximum Gasteiger partial charge on any atom is 0.259 e. The Morgan fingerprint density at radius 3 is 2.62 bits per heavy atom. The highest BCUT2D eigenvalue weighted by molar-refractivity contribution is 5.94. The third-order valence-electron chi connectivity index (χ3n) is 5.50. The molecule has 3 heterocycles. The van der Waals surface area contributed by atoms with E-state index in [0.29, 0.717) is 50.6 Å². The summed E-state index contributed by atoms with van der Waals surface area (Å²) in [5.74, 6) is 0.460. The van der Waals surface area contributed by atoms with Crippen molar-refractivity contribution in [1.29, 1.82) is 0 Å². The fourth-order valence-electron chi connectivity index (χ4n) is 3.63. The Morgan fingerprint density at radius 2 is 2.04 bits per heavy atom. The molecule has 1 unspecified atom stereocenters. The van der Waals surface area contributed by atoms with Crippen molar-refractivity contribution in [1.82, 2.24) is 15.0 Å². The average Bonchev–Trinajstić information content (AvgIpc) is 2.96. The number of morpholine rings is 1. The van der Waals surface area contributed by atoms with E-state index in [0.717, 1.165) is 13.1 Å². The number of ether oxygens (including phenoxy) is 1. The van der Waals surface area contributed by atoms with Crippen LogP contribution in [0.4, 0.5) is 0 Å². The van der Waals surface area contributed by atoms with E-state index in [1.165, 1.54) is 6.20 Å². The molecule has 1 atom stereocenters. The number of hydrogen-bond donors (Lipinski definition) is 1. The van der Waals surface area contributed by atoms with Crippen LogP contribution in [-0.2, 0) is 4.74 Å². The van der Waals surface area contributed by atoms with Crippen molar-refractivity contribution in [2.75, 3.05) is 45.9 Å². The molecule has 2 aliphatic heterocycles. The molecule has 2 fully saturated rings. The molecule has 0 aliphatic carbocycles. The zero-order chi connectivity index (χ0) is 17.4. The molecule has 1 N–H and O–H groups in total. The lowest BCUT2D eigenvalue weighted by atomic mass is 9.69. The van der Waals surface area contributed by atoms with Crippen molar-refractivity contribution in [2.45, 2.75) is 32.8 Å². The van der Waals surface area contributed by atoms with E-state index >= 15 is 0 Å². The van der Waals surface area contributed by atoms with Gasteiger partial charge < -0.3 is 19.3 Å². The van der Waals surface area contributed by atoms with E-state index in [1.54, 1.807) is 11.8 Å². The number of aryl methyl sites for hydroxylation is 1. The van der Waals surface area contributed by atoms with Gasteiger partial charge in [-0.1, -0.05) is 19.0 Å². The minimum absolute atomic E-state index is 0.0738. The number of likely N-dealkylation sites (tertiary alicyclic amines) is 1. The number of hydrogen-bond acceptors (Lipinski definition) is 6. The third kappa shape index (κ3) is 3.20. The second-order valence-electron chi connectivity index (χ2n) is 7.58. The quantitative estimate of drug-likeness (QED) is 0.883. The minimum atomic E-state index is -0.815. The molecule has 24 heavy (non-hydrogen) atoms. The highest BCUT2D eigenvalue weighted by atomic mass is 16.5. The number of amides is 1. The van der Waals surface area contributed by atoms with Crippen LogP contribution in [0.1, 0.15) is 36.4 Å². The minimum Gasteiger partial charge on any atom is -0.388 e. The highest BCUT2D eigenvalue weighted by Crippen LogP contribution is 2.40. The molecule has 0 aromatic carbocycles. The molecule has 0 spiro atoms. The van der Waals surface area contributed by atoms with Gasteiger partial charge in [-0.3, -0.25) is 9.69 Å². The fraction of sp³-hybridized carbons (Fsp3) is 0.765. The SMILES string of the molecule is Cc1oncc1C(=O)N1CCC(O)(CN2CCOCC2)C(C)(C)C1. The van der Waals surface area contributed by atoms with Crippen LogP contribution in [0.2, 0.25) is 0 Å². The summed E-state index contributed by atoms with van der Waals surface area (Å²) in [6.07, 6.45) is 2.03. The van der Waals surface area contributed by atoms with Gasteiger partial charge in [-0.05, 0) is 13.3 Å². The van der Waals surface area contributed by atoms with E-state index in [-0.39, 0.29) is 5.91 Å². The fourth-order valence-corrected chi connectivity index (χ4v) is 3.63. The van der Waals surface area contributed by atoms with Gasteiger partial charge in [-0.15, -0.1) is 0 Å². The second kappa shape index (κ2) is 6.46. The summed E-state index contributed by atoms with van der Waals surface area (Å²) >= 11 is 0. The van der Waals surface area contributed by atoms with Crippen LogP contribution in [0.5, 0.6) is 0 Å². The van der Waals surface area contributed by atoms with Crippen molar-refractivity contribution in [3.05, 3.63) is 17.5 Å². The smallest absolute Gasteiger partial charge is 0.259 e. The molecule has 2 aliphatic rings. The summed E-state index contributed by atoms with van der Waals surface area (Å²) < 4.78 is 10.4. The van der Waals surface area contributed by atoms with E-state index in [2.05, 4.69) is 10.1 Å². The number of carbonyl (C=O) groups excluding carboxylic acids is 1. The van der Waals surface area contributed by atoms with Gasteiger partial charge in [0.15, 0.2) is 0 Å². The molecule has 1 amide bonds. The lowest BCUT2D eigenvalue weighted by Gasteiger charge is -2.52. The number of nitrogens with zero attached hydrogens (tertiary/aromatic N) is 3. The molecule has 3 rings (SSSR count). The first-order chi connectivity index (χ1) is 11.3. The molecular formula is C17H27N3O4. The van der Waals surface area contributed by atoms with Gasteiger partial charge in [0.05, 0.1) is 25.0 Å². The largest absolute Gasteiger partial charge is 0.388 e. The van der Waals surface area contributed by atoms with Crippen LogP contribution >= 0.6 is 0 Å². The zero-order valence-corrected chi connectivity index (χ0v) is 14.7. The van der Waals surface area contributed by atoms with Crippen molar-refractivity contribution >= 4 is 5.91 Å². The predicted octanol–water partition coefficient (Wildman–Crippen LogP) is 0.918. The second-order valence-corrected chi connectivity index (χ2v) is 7.58. The zero-order valence-electron chi connectivity index (χ0n) is 14.7. The molecule has 2 saturated heterocycles. The van der Waals surface area contributed by atoms with Gasteiger partial charge >= 0.3 is 0 Å². The summed E-state index contributed by atoms with van der Waals surface area (Å²) in [5.41, 5.74) is -0.709. The molecule has 1 aromatic rings. The first-order valence-corrected chi connectivity index (χ1v) is 8.55. The van der Waals surface area contributed by atoms with Crippen molar-refractivity contribution in [3.8, 4) is 0 Å². The molecule has 0 bridgehead atoms. The maximum absolute atomic E-state index is 12.7.